The lowest BCUT2D eigenvalue weighted by Gasteiger charge is -2.36. The van der Waals surface area contributed by atoms with Crippen molar-refractivity contribution in [1.82, 2.24) is 4.90 Å². The van der Waals surface area contributed by atoms with E-state index in [-0.39, 0.29) is 30.1 Å². The van der Waals surface area contributed by atoms with Crippen molar-refractivity contribution >= 4 is 18.2 Å². The van der Waals surface area contributed by atoms with Crippen molar-refractivity contribution in [3.8, 4) is 0 Å². The van der Waals surface area contributed by atoms with Gasteiger partial charge in [0.2, 0.25) is 0 Å². The van der Waals surface area contributed by atoms with Crippen LogP contribution in [0.15, 0.2) is 30.3 Å². The minimum atomic E-state index is -0.513. The van der Waals surface area contributed by atoms with E-state index in [2.05, 4.69) is 0 Å². The van der Waals surface area contributed by atoms with E-state index in [1.807, 2.05) is 51.1 Å². The van der Waals surface area contributed by atoms with Gasteiger partial charge in [-0.05, 0) is 45.1 Å². The van der Waals surface area contributed by atoms with Gasteiger partial charge < -0.3 is 14.4 Å². The minimum absolute atomic E-state index is 0.0445. The molecule has 1 aromatic carbocycles. The quantitative estimate of drug-likeness (QED) is 0.604. The van der Waals surface area contributed by atoms with Crippen LogP contribution in [0.5, 0.6) is 0 Å². The molecule has 5 heteroatoms. The van der Waals surface area contributed by atoms with Crippen LogP contribution in [0.4, 0.5) is 4.79 Å². The average molecular weight is 345 g/mol. The topological polar surface area (TPSA) is 63.7 Å². The maximum atomic E-state index is 12.5. The van der Waals surface area contributed by atoms with Crippen LogP contribution in [0.3, 0.4) is 0 Å². The van der Waals surface area contributed by atoms with Crippen LogP contribution in [0.2, 0.25) is 0 Å². The Labute approximate surface area is 149 Å². The van der Waals surface area contributed by atoms with Crippen LogP contribution in [0.25, 0.3) is 0 Å². The van der Waals surface area contributed by atoms with E-state index in [0.29, 0.717) is 19.4 Å². The van der Waals surface area contributed by atoms with Crippen molar-refractivity contribution < 1.29 is 19.1 Å². The lowest BCUT2D eigenvalue weighted by Crippen LogP contribution is -2.43. The molecule has 1 aliphatic rings. The van der Waals surface area contributed by atoms with Crippen LogP contribution in [-0.2, 0) is 14.3 Å². The number of hydrogen-bond donors (Lipinski definition) is 0. The van der Waals surface area contributed by atoms with Gasteiger partial charge >= 0.3 is 6.09 Å². The van der Waals surface area contributed by atoms with E-state index in [4.69, 9.17) is 4.74 Å². The Hall–Kier alpha value is -2.17. The molecule has 1 saturated heterocycles. The van der Waals surface area contributed by atoms with Gasteiger partial charge in [-0.3, -0.25) is 4.79 Å². The van der Waals surface area contributed by atoms with Crippen LogP contribution >= 0.6 is 0 Å². The number of rotatable bonds is 5. The summed E-state index contributed by atoms with van der Waals surface area (Å²) >= 11 is 0. The predicted molar refractivity (Wildman–Crippen MR) is 95.4 cm³/mol. The van der Waals surface area contributed by atoms with Crippen LogP contribution in [0.1, 0.15) is 51.5 Å². The number of ether oxygens (including phenoxy) is 1. The van der Waals surface area contributed by atoms with E-state index in [1.54, 1.807) is 4.90 Å². The molecule has 0 bridgehead atoms. The number of likely N-dealkylation sites (tertiary alicyclic amines) is 1. The first-order valence-corrected chi connectivity index (χ1v) is 8.81. The van der Waals surface area contributed by atoms with E-state index >= 15 is 0 Å². The monoisotopic (exact) mass is 345 g/mol. The molecule has 5 nitrogen and oxygen atoms in total. The maximum absolute atomic E-state index is 12.5. The van der Waals surface area contributed by atoms with Crippen molar-refractivity contribution in [2.45, 2.75) is 51.6 Å². The Bertz CT molecular complexity index is 598. The second-order valence-electron chi connectivity index (χ2n) is 7.53. The third-order valence-corrected chi connectivity index (χ3v) is 4.45. The van der Waals surface area contributed by atoms with E-state index in [0.717, 1.165) is 18.4 Å². The fourth-order valence-corrected chi connectivity index (χ4v) is 3.33. The number of hydrogen-bond acceptors (Lipinski definition) is 4. The lowest BCUT2D eigenvalue weighted by molar-refractivity contribution is -0.124. The molecule has 1 amide bonds. The van der Waals surface area contributed by atoms with Crippen LogP contribution in [-0.4, -0.2) is 41.8 Å². The van der Waals surface area contributed by atoms with E-state index in [9.17, 15) is 14.4 Å². The Morgan fingerprint density at radius 1 is 1.20 bits per heavy atom. The Morgan fingerprint density at radius 2 is 1.80 bits per heavy atom. The first kappa shape index (κ1) is 19.2. The molecule has 0 N–H and O–H groups in total. The average Bonchev–Trinajstić information content (AvgIpc) is 2.55. The molecule has 136 valence electrons. The number of ketones is 1. The van der Waals surface area contributed by atoms with Crippen molar-refractivity contribution in [1.29, 1.82) is 0 Å². The second-order valence-corrected chi connectivity index (χ2v) is 7.53. The number of aldehydes is 1. The Balaban J connectivity index is 2.06. The molecular weight excluding hydrogens is 318 g/mol. The standard InChI is InChI=1S/C20H27NO4/c1-20(2,3)25-19(24)21-12-9-16(10-13-21)18(17(23)11-14-22)15-7-5-4-6-8-15/h4-8,14,16,18H,9-13H2,1-3H3. The molecule has 0 aromatic heterocycles. The molecule has 25 heavy (non-hydrogen) atoms. The Morgan fingerprint density at radius 3 is 2.32 bits per heavy atom. The van der Waals surface area contributed by atoms with E-state index < -0.39 is 5.60 Å². The molecule has 1 fully saturated rings. The largest absolute Gasteiger partial charge is 0.444 e. The Kier molecular flexibility index (Phi) is 6.34. The molecule has 1 heterocycles. The van der Waals surface area contributed by atoms with Crippen LogP contribution < -0.4 is 0 Å². The molecule has 1 aliphatic heterocycles. The summed E-state index contributed by atoms with van der Waals surface area (Å²) in [7, 11) is 0. The van der Waals surface area contributed by atoms with Crippen molar-refractivity contribution in [2.75, 3.05) is 13.1 Å². The number of Topliss-reactive ketones (excluding diaryl/α,β-unsaturated/α-hetero) is 1. The minimum Gasteiger partial charge on any atom is -0.444 e. The summed E-state index contributed by atoms with van der Waals surface area (Å²) in [5.74, 6) is -0.197. The second kappa shape index (κ2) is 8.28. The molecule has 0 spiro atoms. The number of piperidine rings is 1. The molecule has 0 radical (unpaired) electrons. The number of carbonyl (C=O) groups is 3. The van der Waals surface area contributed by atoms with Gasteiger partial charge in [-0.25, -0.2) is 4.79 Å². The zero-order chi connectivity index (χ0) is 18.4. The zero-order valence-electron chi connectivity index (χ0n) is 15.2. The normalized spacial score (nSPS) is 17.0. The van der Waals surface area contributed by atoms with Gasteiger partial charge in [0.15, 0.2) is 0 Å². The number of benzene rings is 1. The van der Waals surface area contributed by atoms with Gasteiger partial charge in [0.1, 0.15) is 17.7 Å². The summed E-state index contributed by atoms with van der Waals surface area (Å²) in [5, 5.41) is 0. The molecule has 1 unspecified atom stereocenters. The highest BCUT2D eigenvalue weighted by atomic mass is 16.6. The van der Waals surface area contributed by atoms with Crippen molar-refractivity contribution in [3.05, 3.63) is 35.9 Å². The fraction of sp³-hybridized carbons (Fsp3) is 0.550. The SMILES string of the molecule is CC(C)(C)OC(=O)N1CCC(C(C(=O)CC=O)c2ccccc2)CC1. The third-order valence-electron chi connectivity index (χ3n) is 4.45. The molecule has 2 rings (SSSR count). The summed E-state index contributed by atoms with van der Waals surface area (Å²) in [6, 6.07) is 9.61. The van der Waals surface area contributed by atoms with Crippen molar-refractivity contribution in [2.24, 2.45) is 5.92 Å². The number of nitrogens with zero attached hydrogens (tertiary/aromatic N) is 1. The summed E-state index contributed by atoms with van der Waals surface area (Å²) in [6.45, 7) is 6.68. The van der Waals surface area contributed by atoms with Crippen molar-refractivity contribution in [3.63, 3.8) is 0 Å². The van der Waals surface area contributed by atoms with Gasteiger partial charge in [0.05, 0.1) is 6.42 Å². The number of amides is 1. The van der Waals surface area contributed by atoms with Gasteiger partial charge in [-0.1, -0.05) is 30.3 Å². The maximum Gasteiger partial charge on any atom is 0.410 e. The molecule has 1 aromatic rings. The zero-order valence-corrected chi connectivity index (χ0v) is 15.2. The highest BCUT2D eigenvalue weighted by Gasteiger charge is 2.34. The molecule has 0 aliphatic carbocycles. The summed E-state index contributed by atoms with van der Waals surface area (Å²) < 4.78 is 5.42. The summed E-state index contributed by atoms with van der Waals surface area (Å²) in [5.41, 5.74) is 0.436. The lowest BCUT2D eigenvalue weighted by atomic mass is 9.77. The smallest absolute Gasteiger partial charge is 0.410 e. The number of carbonyl (C=O) groups excluding carboxylic acids is 3. The highest BCUT2D eigenvalue weighted by molar-refractivity contribution is 5.94. The first-order valence-electron chi connectivity index (χ1n) is 8.81. The molecule has 0 saturated carbocycles. The summed E-state index contributed by atoms with van der Waals surface area (Å²) in [6.07, 6.45) is 1.76. The molecule has 1 atom stereocenters. The van der Waals surface area contributed by atoms with Gasteiger partial charge in [0, 0.05) is 19.0 Å². The highest BCUT2D eigenvalue weighted by Crippen LogP contribution is 2.34. The summed E-state index contributed by atoms with van der Waals surface area (Å²) in [4.78, 5) is 37.2. The van der Waals surface area contributed by atoms with E-state index in [1.165, 1.54) is 0 Å². The third kappa shape index (κ3) is 5.41. The molecular formula is C20H27NO4. The van der Waals surface area contributed by atoms with Gasteiger partial charge in [0.25, 0.3) is 0 Å². The predicted octanol–water partition coefficient (Wildman–Crippen LogP) is 3.58. The van der Waals surface area contributed by atoms with Gasteiger partial charge in [-0.2, -0.15) is 0 Å². The van der Waals surface area contributed by atoms with Gasteiger partial charge in [-0.15, -0.1) is 0 Å². The first-order chi connectivity index (χ1) is 11.8. The van der Waals surface area contributed by atoms with Crippen LogP contribution in [0, 0.1) is 5.92 Å². The fourth-order valence-electron chi connectivity index (χ4n) is 3.33.